The van der Waals surface area contributed by atoms with E-state index in [1.807, 2.05) is 35.7 Å². The molecule has 4 rings (SSSR count). The molecule has 3 aromatic rings. The van der Waals surface area contributed by atoms with E-state index >= 15 is 0 Å². The highest BCUT2D eigenvalue weighted by molar-refractivity contribution is 7.10. The Kier molecular flexibility index (Phi) is 6.65. The number of thiophene rings is 1. The molecule has 4 amide bonds. The summed E-state index contributed by atoms with van der Waals surface area (Å²) in [6, 6.07) is 15.6. The number of benzene rings is 2. The zero-order valence-electron chi connectivity index (χ0n) is 18.7. The van der Waals surface area contributed by atoms with Crippen LogP contribution in [0.25, 0.3) is 0 Å². The van der Waals surface area contributed by atoms with Crippen molar-refractivity contribution >= 4 is 29.2 Å². The van der Waals surface area contributed by atoms with Gasteiger partial charge in [-0.1, -0.05) is 36.4 Å². The number of ether oxygens (including phenoxy) is 1. The number of hydrogen-bond acceptors (Lipinski definition) is 5. The lowest BCUT2D eigenvalue weighted by Crippen LogP contribution is -2.47. The zero-order valence-corrected chi connectivity index (χ0v) is 19.5. The summed E-state index contributed by atoms with van der Waals surface area (Å²) in [6.45, 7) is 1.19. The van der Waals surface area contributed by atoms with Gasteiger partial charge in [0.05, 0.1) is 13.2 Å². The largest absolute Gasteiger partial charge is 0.496 e. The van der Waals surface area contributed by atoms with E-state index in [1.54, 1.807) is 25.1 Å². The maximum absolute atomic E-state index is 13.4. The Hall–Kier alpha value is -3.72. The number of nitrogens with zero attached hydrogens (tertiary/aromatic N) is 1. The number of methoxy groups -OCH3 is 1. The van der Waals surface area contributed by atoms with Gasteiger partial charge < -0.3 is 15.4 Å². The predicted molar refractivity (Wildman–Crippen MR) is 126 cm³/mol. The summed E-state index contributed by atoms with van der Waals surface area (Å²) in [7, 11) is 1.54. The van der Waals surface area contributed by atoms with Crippen molar-refractivity contribution in [2.24, 2.45) is 0 Å². The number of imide groups is 1. The Morgan fingerprint density at radius 3 is 2.56 bits per heavy atom. The second-order valence-corrected chi connectivity index (χ2v) is 9.19. The van der Waals surface area contributed by atoms with E-state index in [4.69, 9.17) is 4.74 Å². The summed E-state index contributed by atoms with van der Waals surface area (Å²) < 4.78 is 18.8. The van der Waals surface area contributed by atoms with Crippen LogP contribution in [0.4, 0.5) is 9.18 Å². The number of rotatable bonds is 8. The van der Waals surface area contributed by atoms with Gasteiger partial charge in [-0.3, -0.25) is 14.5 Å². The minimum Gasteiger partial charge on any atom is -0.496 e. The number of urea groups is 1. The van der Waals surface area contributed by atoms with Crippen molar-refractivity contribution in [1.29, 1.82) is 0 Å². The predicted octanol–water partition coefficient (Wildman–Crippen LogP) is 3.65. The van der Waals surface area contributed by atoms with Crippen LogP contribution in [0.1, 0.15) is 29.0 Å². The number of halogens is 1. The summed E-state index contributed by atoms with van der Waals surface area (Å²) in [5.41, 5.74) is 0.243. The lowest BCUT2D eigenvalue weighted by Gasteiger charge is -2.23. The first-order valence-electron chi connectivity index (χ1n) is 10.6. The van der Waals surface area contributed by atoms with Gasteiger partial charge in [-0.05, 0) is 47.7 Å². The zero-order chi connectivity index (χ0) is 24.3. The van der Waals surface area contributed by atoms with E-state index in [2.05, 4.69) is 10.6 Å². The van der Waals surface area contributed by atoms with Gasteiger partial charge in [0.2, 0.25) is 5.91 Å². The molecule has 1 saturated heterocycles. The average molecular weight is 482 g/mol. The molecule has 2 N–H and O–H groups in total. The normalized spacial score (nSPS) is 18.5. The molecule has 7 nitrogen and oxygen atoms in total. The van der Waals surface area contributed by atoms with Crippen LogP contribution in [0.2, 0.25) is 0 Å². The molecule has 0 saturated carbocycles. The molecule has 176 valence electrons. The molecule has 0 spiro atoms. The van der Waals surface area contributed by atoms with Crippen LogP contribution >= 0.6 is 11.3 Å². The topological polar surface area (TPSA) is 87.7 Å². The molecule has 0 bridgehead atoms. The van der Waals surface area contributed by atoms with Crippen molar-refractivity contribution < 1.29 is 23.5 Å². The highest BCUT2D eigenvalue weighted by atomic mass is 32.1. The molecule has 2 heterocycles. The van der Waals surface area contributed by atoms with Crippen molar-refractivity contribution in [3.63, 3.8) is 0 Å². The van der Waals surface area contributed by atoms with Crippen LogP contribution in [-0.4, -0.2) is 41.9 Å². The SMILES string of the molecule is COc1ccccc1C[C@]1(C)NC(=O)N(CC(=O)N[C@H](c2ccc(F)cc2)c2cccs2)C1=O. The van der Waals surface area contributed by atoms with Gasteiger partial charge >= 0.3 is 6.03 Å². The number of nitrogens with one attached hydrogen (secondary N) is 2. The summed E-state index contributed by atoms with van der Waals surface area (Å²) in [4.78, 5) is 40.5. The van der Waals surface area contributed by atoms with E-state index in [0.29, 0.717) is 11.3 Å². The number of carbonyl (C=O) groups excluding carboxylic acids is 3. The fraction of sp³-hybridized carbons (Fsp3) is 0.240. The van der Waals surface area contributed by atoms with Crippen LogP contribution in [0.3, 0.4) is 0 Å². The van der Waals surface area contributed by atoms with Gasteiger partial charge in [-0.25, -0.2) is 9.18 Å². The monoisotopic (exact) mass is 481 g/mol. The van der Waals surface area contributed by atoms with Gasteiger partial charge in [-0.2, -0.15) is 0 Å². The maximum atomic E-state index is 13.4. The quantitative estimate of drug-likeness (QED) is 0.481. The molecular formula is C25H24FN3O4S. The first kappa shape index (κ1) is 23.4. The van der Waals surface area contributed by atoms with Gasteiger partial charge in [0, 0.05) is 11.3 Å². The molecule has 2 aromatic carbocycles. The second kappa shape index (κ2) is 9.64. The highest BCUT2D eigenvalue weighted by Gasteiger charge is 2.48. The lowest BCUT2D eigenvalue weighted by atomic mass is 9.92. The summed E-state index contributed by atoms with van der Waals surface area (Å²) in [5.74, 6) is -0.769. The number of carbonyl (C=O) groups is 3. The van der Waals surface area contributed by atoms with Crippen LogP contribution in [-0.2, 0) is 16.0 Å². The van der Waals surface area contributed by atoms with Crippen molar-refractivity contribution in [3.05, 3.63) is 87.9 Å². The molecule has 0 unspecified atom stereocenters. The van der Waals surface area contributed by atoms with Gasteiger partial charge in [0.1, 0.15) is 23.7 Å². The molecule has 1 aromatic heterocycles. The van der Waals surface area contributed by atoms with E-state index in [-0.39, 0.29) is 12.2 Å². The molecule has 1 aliphatic rings. The van der Waals surface area contributed by atoms with Crippen LogP contribution < -0.4 is 15.4 Å². The Morgan fingerprint density at radius 1 is 1.15 bits per heavy atom. The van der Waals surface area contributed by atoms with Crippen molar-refractivity contribution in [3.8, 4) is 5.75 Å². The molecule has 34 heavy (non-hydrogen) atoms. The van der Waals surface area contributed by atoms with E-state index in [0.717, 1.165) is 15.3 Å². The standard InChI is InChI=1S/C25H24FN3O4S/c1-25(14-17-6-3-4-7-19(17)33-2)23(31)29(24(32)28-25)15-21(30)27-22(20-8-5-13-34-20)16-9-11-18(26)12-10-16/h3-13,22H,14-15H2,1-2H3,(H,27,30)(H,28,32)/t22-,25+/m1/s1. The van der Waals surface area contributed by atoms with Crippen molar-refractivity contribution in [2.75, 3.05) is 13.7 Å². The lowest BCUT2D eigenvalue weighted by molar-refractivity contribution is -0.134. The molecule has 0 aliphatic carbocycles. The summed E-state index contributed by atoms with van der Waals surface area (Å²) >= 11 is 1.44. The minimum absolute atomic E-state index is 0.215. The maximum Gasteiger partial charge on any atom is 0.325 e. The van der Waals surface area contributed by atoms with Crippen LogP contribution in [0.15, 0.2) is 66.0 Å². The van der Waals surface area contributed by atoms with E-state index in [1.165, 1.54) is 30.6 Å². The third-order valence-electron chi connectivity index (χ3n) is 5.72. The Balaban J connectivity index is 1.49. The number of amides is 4. The minimum atomic E-state index is -1.21. The third kappa shape index (κ3) is 4.79. The van der Waals surface area contributed by atoms with Gasteiger partial charge in [-0.15, -0.1) is 11.3 Å². The van der Waals surface area contributed by atoms with Crippen molar-refractivity contribution in [2.45, 2.75) is 24.9 Å². The molecule has 1 aliphatic heterocycles. The second-order valence-electron chi connectivity index (χ2n) is 8.21. The van der Waals surface area contributed by atoms with Crippen LogP contribution in [0, 0.1) is 5.82 Å². The Labute approximate surface area is 200 Å². The highest BCUT2D eigenvalue weighted by Crippen LogP contribution is 2.28. The molecule has 2 atom stereocenters. The van der Waals surface area contributed by atoms with E-state index in [9.17, 15) is 18.8 Å². The summed E-state index contributed by atoms with van der Waals surface area (Å²) in [6.07, 6.45) is 0.215. The van der Waals surface area contributed by atoms with E-state index < -0.39 is 36.0 Å². The molecule has 9 heteroatoms. The van der Waals surface area contributed by atoms with Gasteiger partial charge in [0.15, 0.2) is 0 Å². The number of para-hydroxylation sites is 1. The summed E-state index contributed by atoms with van der Waals surface area (Å²) in [5, 5.41) is 7.46. The first-order valence-corrected chi connectivity index (χ1v) is 11.5. The Morgan fingerprint density at radius 2 is 1.88 bits per heavy atom. The van der Waals surface area contributed by atoms with Crippen molar-refractivity contribution in [1.82, 2.24) is 15.5 Å². The molecule has 1 fully saturated rings. The fourth-order valence-corrected chi connectivity index (χ4v) is 4.82. The average Bonchev–Trinajstić information content (AvgIpc) is 3.42. The first-order chi connectivity index (χ1) is 16.3. The van der Waals surface area contributed by atoms with Gasteiger partial charge in [0.25, 0.3) is 5.91 Å². The molecule has 0 radical (unpaired) electrons. The van der Waals surface area contributed by atoms with Crippen LogP contribution in [0.5, 0.6) is 5.75 Å². The number of hydrogen-bond donors (Lipinski definition) is 2. The third-order valence-corrected chi connectivity index (χ3v) is 6.66. The smallest absolute Gasteiger partial charge is 0.325 e. The fourth-order valence-electron chi connectivity index (χ4n) is 4.02. The Bertz CT molecular complexity index is 1200. The molecular weight excluding hydrogens is 457 g/mol.